The van der Waals surface area contributed by atoms with E-state index in [9.17, 15) is 14.4 Å². The lowest BCUT2D eigenvalue weighted by Crippen LogP contribution is -3.10. The molecule has 0 saturated heterocycles. The average Bonchev–Trinajstić information content (AvgIpc) is 3.39. The molecule has 9 nitrogen and oxygen atoms in total. The van der Waals surface area contributed by atoms with Crippen molar-refractivity contribution in [3.05, 3.63) is 59.0 Å². The highest BCUT2D eigenvalue weighted by molar-refractivity contribution is 5.98. The normalized spacial score (nSPS) is 38.0. The molecule has 2 N–H and O–H groups in total. The number of benzene rings is 1. The third-order valence-corrected chi connectivity index (χ3v) is 11.1. The summed E-state index contributed by atoms with van der Waals surface area (Å²) in [6.07, 6.45) is 1.91. The fourth-order valence-electron chi connectivity index (χ4n) is 9.87. The number of rotatable bonds is 6. The molecule has 0 atom stereocenters. The summed E-state index contributed by atoms with van der Waals surface area (Å²) in [7, 11) is 0. The molecule has 186 valence electrons. The van der Waals surface area contributed by atoms with E-state index in [1.807, 2.05) is 18.2 Å². The van der Waals surface area contributed by atoms with Gasteiger partial charge in [0.25, 0.3) is 11.8 Å². The SMILES string of the molecule is CC12C3C4C1C1C2C3C41CNC(=O)c1cc(C(=O)NCc2ccc3c(c2)CC(=O)CO3)nc2ccnn12. The number of carbonyl (C=O) groups is 3. The number of ketones is 1. The van der Waals surface area contributed by atoms with Crippen molar-refractivity contribution in [3.8, 4) is 5.75 Å². The second-order valence-electron chi connectivity index (χ2n) is 12.1. The molecule has 6 fully saturated rings. The van der Waals surface area contributed by atoms with Gasteiger partial charge in [0.05, 0.1) is 6.20 Å². The van der Waals surface area contributed by atoms with E-state index in [0.717, 1.165) is 53.2 Å². The summed E-state index contributed by atoms with van der Waals surface area (Å²) in [6, 6.07) is 8.78. The number of Topliss-reactive ketones (excluding diaryl/α,β-unsaturated/α-hetero) is 1. The van der Waals surface area contributed by atoms with Crippen LogP contribution in [0.15, 0.2) is 36.5 Å². The molecule has 10 rings (SSSR count). The van der Waals surface area contributed by atoms with Crippen molar-refractivity contribution in [2.75, 3.05) is 13.2 Å². The van der Waals surface area contributed by atoms with E-state index in [2.05, 4.69) is 27.6 Å². The Balaban J connectivity index is 0.917. The molecule has 0 bridgehead atoms. The molecule has 0 spiro atoms. The lowest BCUT2D eigenvalue weighted by molar-refractivity contribution is -0.651. The maximum atomic E-state index is 13.3. The number of nitrogens with one attached hydrogen (secondary N) is 2. The quantitative estimate of drug-likeness (QED) is 0.538. The molecule has 0 radical (unpaired) electrons. The van der Waals surface area contributed by atoms with E-state index in [1.165, 1.54) is 10.6 Å². The van der Waals surface area contributed by atoms with Gasteiger partial charge in [0.1, 0.15) is 23.7 Å². The molecule has 9 heteroatoms. The Hall–Kier alpha value is -3.75. The van der Waals surface area contributed by atoms with Crippen LogP contribution < -0.4 is 15.4 Å². The van der Waals surface area contributed by atoms with Gasteiger partial charge in [0.15, 0.2) is 11.4 Å². The minimum atomic E-state index is -0.377. The summed E-state index contributed by atoms with van der Waals surface area (Å²) in [4.78, 5) is 42.5. The smallest absolute Gasteiger partial charge is 0.270 e. The van der Waals surface area contributed by atoms with Crippen LogP contribution in [-0.2, 0) is 17.8 Å². The fraction of sp³-hybridized carbons (Fsp3) is 0.464. The van der Waals surface area contributed by atoms with Gasteiger partial charge >= 0.3 is 0 Å². The first-order chi connectivity index (χ1) is 17.9. The number of hydrogen-bond acceptors (Lipinski definition) is 6. The van der Waals surface area contributed by atoms with Crippen LogP contribution in [0, 0.1) is 46.3 Å². The molecule has 3 heterocycles. The molecule has 6 saturated carbocycles. The van der Waals surface area contributed by atoms with Crippen LogP contribution in [0.25, 0.3) is 5.65 Å². The van der Waals surface area contributed by atoms with E-state index < -0.39 is 0 Å². The van der Waals surface area contributed by atoms with E-state index in [4.69, 9.17) is 4.74 Å². The van der Waals surface area contributed by atoms with Gasteiger partial charge in [0.2, 0.25) is 0 Å². The first-order valence-corrected chi connectivity index (χ1v) is 13.1. The lowest BCUT2D eigenvalue weighted by Gasteiger charge is -3.11. The monoisotopic (exact) mass is 495 g/mol. The Bertz CT molecular complexity index is 1550. The molecule has 1 aliphatic heterocycles. The van der Waals surface area contributed by atoms with Gasteiger partial charge < -0.3 is 15.4 Å². The largest absolute Gasteiger partial charge is 0.486 e. The van der Waals surface area contributed by atoms with Crippen molar-refractivity contribution >= 4 is 23.2 Å². The molecule has 0 unspecified atom stereocenters. The number of carbonyl (C=O) groups excluding carboxylic acids is 3. The number of fused-ring (bicyclic) bond motifs is 2. The molecular weight excluding hydrogens is 470 g/mol. The Morgan fingerprint density at radius 2 is 1.84 bits per heavy atom. The summed E-state index contributed by atoms with van der Waals surface area (Å²) >= 11 is 0. The second-order valence-corrected chi connectivity index (χ2v) is 12.1. The van der Waals surface area contributed by atoms with Gasteiger partial charge in [-0.3, -0.25) is 14.4 Å². The molecule has 6 aliphatic carbocycles. The highest BCUT2D eigenvalue weighted by atomic mass is 16.5. The topological polar surface area (TPSA) is 115 Å². The Labute approximate surface area is 212 Å². The Morgan fingerprint density at radius 3 is 2.62 bits per heavy atom. The summed E-state index contributed by atoms with van der Waals surface area (Å²) in [5, 5.41) is 10.3. The Morgan fingerprint density at radius 1 is 1.05 bits per heavy atom. The Kier molecular flexibility index (Phi) is 3.41. The third-order valence-electron chi connectivity index (χ3n) is 11.1. The van der Waals surface area contributed by atoms with Crippen molar-refractivity contribution in [1.82, 2.24) is 25.2 Å². The molecule has 1 aromatic carbocycles. The van der Waals surface area contributed by atoms with Crippen LogP contribution in [0.4, 0.5) is 0 Å². The molecule has 37 heavy (non-hydrogen) atoms. The van der Waals surface area contributed by atoms with E-state index in [1.54, 1.807) is 12.3 Å². The van der Waals surface area contributed by atoms with Crippen LogP contribution in [-0.4, -0.2) is 45.3 Å². The summed E-state index contributed by atoms with van der Waals surface area (Å²) in [5.41, 5.74) is 3.63. The summed E-state index contributed by atoms with van der Waals surface area (Å²) in [6.45, 7) is 3.56. The molecule has 2 amide bonds. The fourth-order valence-corrected chi connectivity index (χ4v) is 9.87. The molecule has 3 aromatic rings. The third kappa shape index (κ3) is 2.08. The van der Waals surface area contributed by atoms with Gasteiger partial charge in [-0.25, -0.2) is 9.50 Å². The first kappa shape index (κ1) is 20.3. The van der Waals surface area contributed by atoms with Crippen LogP contribution in [0.2, 0.25) is 0 Å². The van der Waals surface area contributed by atoms with Crippen molar-refractivity contribution in [2.24, 2.45) is 46.3 Å². The van der Waals surface area contributed by atoms with E-state index in [0.29, 0.717) is 34.3 Å². The number of aromatic nitrogens is 3. The summed E-state index contributed by atoms with van der Waals surface area (Å²) in [5.74, 6) is 5.38. The van der Waals surface area contributed by atoms with Crippen molar-refractivity contribution in [1.29, 1.82) is 0 Å². The van der Waals surface area contributed by atoms with Crippen molar-refractivity contribution in [3.63, 3.8) is 0 Å². The van der Waals surface area contributed by atoms with Gasteiger partial charge in [-0.15, -0.1) is 0 Å². The van der Waals surface area contributed by atoms with Crippen LogP contribution in [0.5, 0.6) is 5.75 Å². The van der Waals surface area contributed by atoms with Gasteiger partial charge in [-0.2, -0.15) is 5.10 Å². The first-order valence-electron chi connectivity index (χ1n) is 13.1. The zero-order valence-electron chi connectivity index (χ0n) is 20.2. The second kappa shape index (κ2) is 6.20. The maximum Gasteiger partial charge on any atom is 0.270 e. The van der Waals surface area contributed by atoms with Crippen LogP contribution in [0.1, 0.15) is 39.0 Å². The van der Waals surface area contributed by atoms with E-state index in [-0.39, 0.29) is 36.4 Å². The van der Waals surface area contributed by atoms with Crippen LogP contribution >= 0.6 is 0 Å². The molecule has 2 aromatic heterocycles. The number of hydrogen-bond donors (Lipinski definition) is 2. The summed E-state index contributed by atoms with van der Waals surface area (Å²) < 4.78 is 6.94. The van der Waals surface area contributed by atoms with Gasteiger partial charge in [-0.1, -0.05) is 13.0 Å². The zero-order valence-corrected chi connectivity index (χ0v) is 20.2. The highest BCUT2D eigenvalue weighted by Crippen LogP contribution is 3.10. The number of ether oxygens (including phenoxy) is 1. The standard InChI is InChI=1S/C28H25N5O4/c1-27-19-22-20(27)24-21(27)23(19)28(22,24)11-30-26(36)16-8-15(32-18-4-5-31-33(16)18)25(35)29-9-12-2-3-17-13(6-12)7-14(34)10-37-17/h2-6,8,19-24H,7,9-11H2,1H3,(H,29,35)(H,30,36). The van der Waals surface area contributed by atoms with Crippen molar-refractivity contribution in [2.45, 2.75) is 19.9 Å². The molecule has 7 aliphatic rings. The van der Waals surface area contributed by atoms with Gasteiger partial charge in [-0.05, 0) is 64.0 Å². The maximum absolute atomic E-state index is 13.3. The minimum absolute atomic E-state index is 0.0341. The zero-order chi connectivity index (χ0) is 24.8. The number of nitrogens with zero attached hydrogens (tertiary/aromatic N) is 3. The minimum Gasteiger partial charge on any atom is -0.486 e. The number of amides is 2. The van der Waals surface area contributed by atoms with E-state index >= 15 is 0 Å². The highest BCUT2D eigenvalue weighted by Gasteiger charge is 3.08. The predicted molar refractivity (Wildman–Crippen MR) is 129 cm³/mol. The van der Waals surface area contributed by atoms with Crippen molar-refractivity contribution < 1.29 is 19.1 Å². The predicted octanol–water partition coefficient (Wildman–Crippen LogP) is 1.65. The lowest BCUT2D eigenvalue weighted by atomic mass is 8.92. The molecular formula is C28H25N5O4. The van der Waals surface area contributed by atoms with Crippen LogP contribution in [0.3, 0.4) is 0 Å². The average molecular weight is 496 g/mol. The van der Waals surface area contributed by atoms with Gasteiger partial charge in [0, 0.05) is 37.2 Å².